The molecule has 1 fully saturated rings. The summed E-state index contributed by atoms with van der Waals surface area (Å²) in [5, 5.41) is 3.94. The second kappa shape index (κ2) is 4.15. The molecule has 3 N–H and O–H groups in total. The fourth-order valence-corrected chi connectivity index (χ4v) is 1.80. The molecule has 0 saturated heterocycles. The van der Waals surface area contributed by atoms with Gasteiger partial charge in [-0.15, -0.1) is 0 Å². The van der Waals surface area contributed by atoms with Gasteiger partial charge in [-0.05, 0) is 30.9 Å². The van der Waals surface area contributed by atoms with Gasteiger partial charge in [-0.25, -0.2) is 4.98 Å². The SMILES string of the molecule is NC1CC(CNc2ccc(Cl)cn2)C1. The summed E-state index contributed by atoms with van der Waals surface area (Å²) in [5.41, 5.74) is 5.70. The summed E-state index contributed by atoms with van der Waals surface area (Å²) >= 11 is 5.73. The zero-order chi connectivity index (χ0) is 9.97. The van der Waals surface area contributed by atoms with Crippen LogP contribution in [-0.2, 0) is 0 Å². The molecule has 0 unspecified atom stereocenters. The van der Waals surface area contributed by atoms with Gasteiger partial charge in [0.25, 0.3) is 0 Å². The van der Waals surface area contributed by atoms with Gasteiger partial charge >= 0.3 is 0 Å². The van der Waals surface area contributed by atoms with Crippen LogP contribution in [0.1, 0.15) is 12.8 Å². The van der Waals surface area contributed by atoms with Crippen LogP contribution in [0.5, 0.6) is 0 Å². The fraction of sp³-hybridized carbons (Fsp3) is 0.500. The Morgan fingerprint density at radius 3 is 2.86 bits per heavy atom. The molecule has 1 aliphatic rings. The lowest BCUT2D eigenvalue weighted by molar-refractivity contribution is 0.280. The summed E-state index contributed by atoms with van der Waals surface area (Å²) in [7, 11) is 0. The van der Waals surface area contributed by atoms with E-state index in [4.69, 9.17) is 17.3 Å². The van der Waals surface area contributed by atoms with Gasteiger partial charge in [-0.2, -0.15) is 0 Å². The summed E-state index contributed by atoms with van der Waals surface area (Å²) in [4.78, 5) is 4.15. The average Bonchev–Trinajstić information content (AvgIpc) is 2.13. The van der Waals surface area contributed by atoms with Crippen molar-refractivity contribution in [2.75, 3.05) is 11.9 Å². The first-order valence-electron chi connectivity index (χ1n) is 4.85. The number of hydrogen-bond donors (Lipinski definition) is 2. The molecule has 1 aromatic rings. The van der Waals surface area contributed by atoms with Gasteiger partial charge in [0.2, 0.25) is 0 Å². The van der Waals surface area contributed by atoms with Crippen LogP contribution in [0, 0.1) is 5.92 Å². The van der Waals surface area contributed by atoms with Crippen LogP contribution in [0.25, 0.3) is 0 Å². The summed E-state index contributed by atoms with van der Waals surface area (Å²) < 4.78 is 0. The normalized spacial score (nSPS) is 25.6. The smallest absolute Gasteiger partial charge is 0.125 e. The Bertz CT molecular complexity index is 293. The highest BCUT2D eigenvalue weighted by molar-refractivity contribution is 6.30. The molecule has 1 aliphatic carbocycles. The number of aromatic nitrogens is 1. The Morgan fingerprint density at radius 1 is 1.50 bits per heavy atom. The third-order valence-corrected chi connectivity index (χ3v) is 2.79. The molecule has 0 spiro atoms. The molecule has 0 aromatic carbocycles. The summed E-state index contributed by atoms with van der Waals surface area (Å²) in [6, 6.07) is 4.14. The molecular formula is C10H14ClN3. The average molecular weight is 212 g/mol. The van der Waals surface area contributed by atoms with Crippen molar-refractivity contribution >= 4 is 17.4 Å². The van der Waals surface area contributed by atoms with Gasteiger partial charge < -0.3 is 11.1 Å². The van der Waals surface area contributed by atoms with Gasteiger partial charge in [0, 0.05) is 18.8 Å². The topological polar surface area (TPSA) is 50.9 Å². The van der Waals surface area contributed by atoms with Crippen LogP contribution in [0.15, 0.2) is 18.3 Å². The maximum Gasteiger partial charge on any atom is 0.125 e. The Hall–Kier alpha value is -0.800. The molecule has 76 valence electrons. The number of rotatable bonds is 3. The Balaban J connectivity index is 1.78. The van der Waals surface area contributed by atoms with Gasteiger partial charge in [-0.3, -0.25) is 0 Å². The summed E-state index contributed by atoms with van der Waals surface area (Å²) in [5.74, 6) is 1.59. The number of pyridine rings is 1. The fourth-order valence-electron chi connectivity index (χ4n) is 1.68. The van der Waals surface area contributed by atoms with E-state index >= 15 is 0 Å². The van der Waals surface area contributed by atoms with Gasteiger partial charge in [0.05, 0.1) is 5.02 Å². The van der Waals surface area contributed by atoms with Crippen molar-refractivity contribution in [2.24, 2.45) is 11.7 Å². The van der Waals surface area contributed by atoms with Crippen molar-refractivity contribution in [1.29, 1.82) is 0 Å². The second-order valence-electron chi connectivity index (χ2n) is 3.84. The van der Waals surface area contributed by atoms with Crippen LogP contribution in [0.2, 0.25) is 5.02 Å². The highest BCUT2D eigenvalue weighted by Gasteiger charge is 2.25. The number of anilines is 1. The van der Waals surface area contributed by atoms with Gasteiger partial charge in [-0.1, -0.05) is 11.6 Å². The van der Waals surface area contributed by atoms with Crippen LogP contribution in [0.3, 0.4) is 0 Å². The van der Waals surface area contributed by atoms with Crippen LogP contribution in [0.4, 0.5) is 5.82 Å². The Morgan fingerprint density at radius 2 is 2.29 bits per heavy atom. The van der Waals surface area contributed by atoms with Crippen molar-refractivity contribution in [1.82, 2.24) is 4.98 Å². The van der Waals surface area contributed by atoms with E-state index < -0.39 is 0 Å². The van der Waals surface area contributed by atoms with Crippen LogP contribution < -0.4 is 11.1 Å². The highest BCUT2D eigenvalue weighted by Crippen LogP contribution is 2.25. The van der Waals surface area contributed by atoms with Crippen molar-refractivity contribution in [3.05, 3.63) is 23.4 Å². The predicted octanol–water partition coefficient (Wildman–Crippen LogP) is 1.88. The highest BCUT2D eigenvalue weighted by atomic mass is 35.5. The molecule has 4 heteroatoms. The van der Waals surface area contributed by atoms with Crippen LogP contribution >= 0.6 is 11.6 Å². The molecule has 2 rings (SSSR count). The van der Waals surface area contributed by atoms with E-state index in [0.29, 0.717) is 17.0 Å². The first-order chi connectivity index (χ1) is 6.74. The standard InChI is InChI=1S/C10H14ClN3/c11-8-1-2-10(14-6-8)13-5-7-3-9(12)4-7/h1-2,6-7,9H,3-5,12H2,(H,13,14). The molecule has 0 atom stereocenters. The quantitative estimate of drug-likeness (QED) is 0.803. The summed E-state index contributed by atoms with van der Waals surface area (Å²) in [6.45, 7) is 0.961. The molecule has 14 heavy (non-hydrogen) atoms. The molecule has 1 saturated carbocycles. The third-order valence-electron chi connectivity index (χ3n) is 2.57. The second-order valence-corrected chi connectivity index (χ2v) is 4.28. The van der Waals surface area contributed by atoms with Crippen molar-refractivity contribution in [2.45, 2.75) is 18.9 Å². The first-order valence-corrected chi connectivity index (χ1v) is 5.23. The van der Waals surface area contributed by atoms with E-state index in [9.17, 15) is 0 Å². The lowest BCUT2D eigenvalue weighted by Gasteiger charge is -2.32. The third kappa shape index (κ3) is 2.36. The molecular weight excluding hydrogens is 198 g/mol. The molecule has 0 aliphatic heterocycles. The van der Waals surface area contributed by atoms with Crippen molar-refractivity contribution in [3.63, 3.8) is 0 Å². The van der Waals surface area contributed by atoms with E-state index in [1.807, 2.05) is 12.1 Å². The van der Waals surface area contributed by atoms with Crippen molar-refractivity contribution in [3.8, 4) is 0 Å². The predicted molar refractivity (Wildman–Crippen MR) is 58.4 cm³/mol. The number of nitrogens with two attached hydrogens (primary N) is 1. The molecule has 3 nitrogen and oxygen atoms in total. The molecule has 0 radical (unpaired) electrons. The van der Waals surface area contributed by atoms with E-state index in [0.717, 1.165) is 25.2 Å². The van der Waals surface area contributed by atoms with E-state index in [2.05, 4.69) is 10.3 Å². The van der Waals surface area contributed by atoms with Crippen LogP contribution in [-0.4, -0.2) is 17.6 Å². The first kappa shape index (κ1) is 9.74. The molecule has 0 bridgehead atoms. The van der Waals surface area contributed by atoms with Gasteiger partial charge in [0.1, 0.15) is 5.82 Å². The minimum atomic E-state index is 0.417. The van der Waals surface area contributed by atoms with Crippen molar-refractivity contribution < 1.29 is 0 Å². The zero-order valence-corrected chi connectivity index (χ0v) is 8.67. The summed E-state index contributed by atoms with van der Waals surface area (Å²) in [6.07, 6.45) is 3.90. The maximum atomic E-state index is 5.73. The number of hydrogen-bond acceptors (Lipinski definition) is 3. The lowest BCUT2D eigenvalue weighted by atomic mass is 9.81. The molecule has 1 heterocycles. The maximum absolute atomic E-state index is 5.73. The monoisotopic (exact) mass is 211 g/mol. The number of nitrogens with one attached hydrogen (secondary N) is 1. The van der Waals surface area contributed by atoms with E-state index in [1.54, 1.807) is 6.20 Å². The number of halogens is 1. The van der Waals surface area contributed by atoms with Gasteiger partial charge in [0.15, 0.2) is 0 Å². The van der Waals surface area contributed by atoms with E-state index in [-0.39, 0.29) is 0 Å². The number of nitrogens with zero attached hydrogens (tertiary/aromatic N) is 1. The Kier molecular flexibility index (Phi) is 2.89. The lowest BCUT2D eigenvalue weighted by Crippen LogP contribution is -2.39. The Labute approximate surface area is 88.7 Å². The zero-order valence-electron chi connectivity index (χ0n) is 7.91. The molecule has 1 aromatic heterocycles. The molecule has 0 amide bonds. The minimum Gasteiger partial charge on any atom is -0.370 e. The van der Waals surface area contributed by atoms with E-state index in [1.165, 1.54) is 0 Å². The minimum absolute atomic E-state index is 0.417. The largest absolute Gasteiger partial charge is 0.370 e.